The summed E-state index contributed by atoms with van der Waals surface area (Å²) in [6.45, 7) is 3.43. The predicted octanol–water partition coefficient (Wildman–Crippen LogP) is 5.54. The van der Waals surface area contributed by atoms with Gasteiger partial charge in [0.15, 0.2) is 0 Å². The number of benzene rings is 2. The SMILES string of the molecule is Cc1ncsc1C(CNC(=O)c1c(F)cccc1Cl)N1CCC(Oc2cc(F)cc(F)c2)CC1. The minimum atomic E-state index is -0.682. The van der Waals surface area contributed by atoms with Crippen LogP contribution in [0.15, 0.2) is 41.9 Å². The van der Waals surface area contributed by atoms with E-state index in [1.54, 1.807) is 5.51 Å². The summed E-state index contributed by atoms with van der Waals surface area (Å²) in [6, 6.07) is 7.09. The number of carbonyl (C=O) groups is 1. The molecule has 1 aliphatic rings. The number of aryl methyl sites for hydroxylation is 1. The molecule has 1 aromatic heterocycles. The number of nitrogens with zero attached hydrogens (tertiary/aromatic N) is 2. The van der Waals surface area contributed by atoms with Crippen molar-refractivity contribution in [3.63, 3.8) is 0 Å². The smallest absolute Gasteiger partial charge is 0.255 e. The number of amides is 1. The van der Waals surface area contributed by atoms with Gasteiger partial charge in [-0.3, -0.25) is 9.69 Å². The van der Waals surface area contributed by atoms with E-state index in [1.165, 1.54) is 41.7 Å². The highest BCUT2D eigenvalue weighted by Gasteiger charge is 2.30. The highest BCUT2D eigenvalue weighted by Crippen LogP contribution is 2.31. The Labute approximate surface area is 204 Å². The molecule has 2 aromatic carbocycles. The summed E-state index contributed by atoms with van der Waals surface area (Å²) in [4.78, 5) is 20.2. The number of carbonyl (C=O) groups excluding carboxylic acids is 1. The fourth-order valence-corrected chi connectivity index (χ4v) is 5.29. The zero-order valence-corrected chi connectivity index (χ0v) is 19.9. The van der Waals surface area contributed by atoms with E-state index in [4.69, 9.17) is 16.3 Å². The van der Waals surface area contributed by atoms with E-state index in [0.717, 1.165) is 16.6 Å². The van der Waals surface area contributed by atoms with Crippen LogP contribution in [0.1, 0.15) is 39.8 Å². The third kappa shape index (κ3) is 5.71. The van der Waals surface area contributed by atoms with Crippen LogP contribution in [0.2, 0.25) is 5.02 Å². The summed E-state index contributed by atoms with van der Waals surface area (Å²) >= 11 is 7.53. The molecule has 0 aliphatic carbocycles. The molecule has 0 bridgehead atoms. The third-order valence-electron chi connectivity index (χ3n) is 5.79. The van der Waals surface area contributed by atoms with E-state index in [2.05, 4.69) is 15.2 Å². The van der Waals surface area contributed by atoms with Crippen LogP contribution >= 0.6 is 22.9 Å². The van der Waals surface area contributed by atoms with Crippen molar-refractivity contribution < 1.29 is 22.7 Å². The number of thiazole rings is 1. The molecule has 2 heterocycles. The van der Waals surface area contributed by atoms with E-state index in [0.29, 0.717) is 25.9 Å². The van der Waals surface area contributed by atoms with Crippen LogP contribution in [0.25, 0.3) is 0 Å². The molecule has 5 nitrogen and oxygen atoms in total. The Hall–Kier alpha value is -2.62. The summed E-state index contributed by atoms with van der Waals surface area (Å²) in [7, 11) is 0. The van der Waals surface area contributed by atoms with Crippen molar-refractivity contribution in [3.05, 3.63) is 80.5 Å². The first kappa shape index (κ1) is 24.5. The Bertz CT molecular complexity index is 1130. The van der Waals surface area contributed by atoms with Crippen molar-refractivity contribution in [2.45, 2.75) is 31.9 Å². The summed E-state index contributed by atoms with van der Waals surface area (Å²) in [5.41, 5.74) is 2.43. The molecule has 3 aromatic rings. The average molecular weight is 510 g/mol. The quantitative estimate of drug-likeness (QED) is 0.454. The van der Waals surface area contributed by atoms with Gasteiger partial charge in [-0.05, 0) is 31.9 Å². The Balaban J connectivity index is 1.43. The van der Waals surface area contributed by atoms with Gasteiger partial charge in [-0.1, -0.05) is 17.7 Å². The molecule has 1 N–H and O–H groups in total. The highest BCUT2D eigenvalue weighted by atomic mass is 35.5. The van der Waals surface area contributed by atoms with Crippen LogP contribution in [0, 0.1) is 24.4 Å². The highest BCUT2D eigenvalue weighted by molar-refractivity contribution is 7.09. The van der Waals surface area contributed by atoms with Crippen molar-refractivity contribution in [3.8, 4) is 5.75 Å². The van der Waals surface area contributed by atoms with E-state index < -0.39 is 23.4 Å². The molecule has 1 fully saturated rings. The molecule has 0 saturated carbocycles. The second-order valence-electron chi connectivity index (χ2n) is 8.08. The maximum atomic E-state index is 14.2. The van der Waals surface area contributed by atoms with Crippen molar-refractivity contribution >= 4 is 28.8 Å². The molecule has 0 radical (unpaired) electrons. The lowest BCUT2D eigenvalue weighted by molar-refractivity contribution is 0.0716. The number of hydrogen-bond acceptors (Lipinski definition) is 5. The minimum absolute atomic E-state index is 0.0507. The van der Waals surface area contributed by atoms with E-state index >= 15 is 0 Å². The first-order valence-electron chi connectivity index (χ1n) is 10.8. The predicted molar refractivity (Wildman–Crippen MR) is 125 cm³/mol. The van der Waals surface area contributed by atoms with Crippen molar-refractivity contribution in [1.29, 1.82) is 0 Å². The fourth-order valence-electron chi connectivity index (χ4n) is 4.11. The molecule has 1 saturated heterocycles. The van der Waals surface area contributed by atoms with Gasteiger partial charge in [-0.2, -0.15) is 0 Å². The van der Waals surface area contributed by atoms with Crippen LogP contribution in [-0.2, 0) is 0 Å². The zero-order valence-electron chi connectivity index (χ0n) is 18.4. The normalized spacial score (nSPS) is 15.8. The Kier molecular flexibility index (Phi) is 7.75. The molecule has 1 amide bonds. The van der Waals surface area contributed by atoms with E-state index in [1.807, 2.05) is 6.92 Å². The van der Waals surface area contributed by atoms with Gasteiger partial charge in [0, 0.05) is 42.7 Å². The second-order valence-corrected chi connectivity index (χ2v) is 9.38. The van der Waals surface area contributed by atoms with E-state index in [-0.39, 0.29) is 35.0 Å². The first-order valence-corrected chi connectivity index (χ1v) is 12.1. The lowest BCUT2D eigenvalue weighted by Crippen LogP contribution is -2.44. The fraction of sp³-hybridized carbons (Fsp3) is 0.333. The van der Waals surface area contributed by atoms with Crippen LogP contribution in [0.5, 0.6) is 5.75 Å². The van der Waals surface area contributed by atoms with Gasteiger partial charge in [-0.25, -0.2) is 18.2 Å². The van der Waals surface area contributed by atoms with Crippen molar-refractivity contribution in [1.82, 2.24) is 15.2 Å². The maximum Gasteiger partial charge on any atom is 0.255 e. The average Bonchev–Trinajstić information content (AvgIpc) is 3.20. The Morgan fingerprint density at radius 3 is 2.56 bits per heavy atom. The number of likely N-dealkylation sites (tertiary alicyclic amines) is 1. The summed E-state index contributed by atoms with van der Waals surface area (Å²) in [5, 5.41) is 2.87. The topological polar surface area (TPSA) is 54.5 Å². The standard InChI is InChI=1S/C24H23ClF3N3O2S/c1-14-23(34-13-30-14)21(12-29-24(32)22-19(25)3-2-4-20(22)28)31-7-5-17(6-8-31)33-18-10-15(26)9-16(27)11-18/h2-4,9-11,13,17,21H,5-8,12H2,1H3,(H,29,32). The van der Waals surface area contributed by atoms with Gasteiger partial charge in [-0.15, -0.1) is 11.3 Å². The second kappa shape index (κ2) is 10.8. The van der Waals surface area contributed by atoms with Gasteiger partial charge in [0.2, 0.25) is 0 Å². The number of halogens is 4. The molecule has 10 heteroatoms. The van der Waals surface area contributed by atoms with Gasteiger partial charge in [0.1, 0.15) is 29.3 Å². The molecule has 1 unspecified atom stereocenters. The molecule has 1 atom stereocenters. The van der Waals surface area contributed by atoms with Crippen LogP contribution < -0.4 is 10.1 Å². The Morgan fingerprint density at radius 1 is 1.24 bits per heavy atom. The molecular formula is C24H23ClF3N3O2S. The molecule has 34 heavy (non-hydrogen) atoms. The summed E-state index contributed by atoms with van der Waals surface area (Å²) in [6.07, 6.45) is 1.09. The molecule has 180 valence electrons. The van der Waals surface area contributed by atoms with Crippen molar-refractivity contribution in [2.24, 2.45) is 0 Å². The molecular weight excluding hydrogens is 487 g/mol. The monoisotopic (exact) mass is 509 g/mol. The van der Waals surface area contributed by atoms with Crippen LogP contribution in [0.3, 0.4) is 0 Å². The number of nitrogens with one attached hydrogen (secondary N) is 1. The number of aromatic nitrogens is 1. The summed E-state index contributed by atoms with van der Waals surface area (Å²) < 4.78 is 46.9. The van der Waals surface area contributed by atoms with Crippen LogP contribution in [-0.4, -0.2) is 41.5 Å². The molecule has 4 rings (SSSR count). The van der Waals surface area contributed by atoms with Gasteiger partial charge >= 0.3 is 0 Å². The number of rotatable bonds is 7. The van der Waals surface area contributed by atoms with Crippen molar-refractivity contribution in [2.75, 3.05) is 19.6 Å². The maximum absolute atomic E-state index is 14.2. The largest absolute Gasteiger partial charge is 0.490 e. The van der Waals surface area contributed by atoms with Gasteiger partial charge in [0.25, 0.3) is 5.91 Å². The minimum Gasteiger partial charge on any atom is -0.490 e. The Morgan fingerprint density at radius 2 is 1.94 bits per heavy atom. The van der Waals surface area contributed by atoms with Gasteiger partial charge in [0.05, 0.1) is 27.8 Å². The van der Waals surface area contributed by atoms with Crippen LogP contribution in [0.4, 0.5) is 13.2 Å². The van der Waals surface area contributed by atoms with Gasteiger partial charge < -0.3 is 10.1 Å². The summed E-state index contributed by atoms with van der Waals surface area (Å²) in [5.74, 6) is -2.46. The third-order valence-corrected chi connectivity index (χ3v) is 7.13. The number of hydrogen-bond donors (Lipinski definition) is 1. The molecule has 0 spiro atoms. The molecule has 1 aliphatic heterocycles. The first-order chi connectivity index (χ1) is 16.3. The number of piperidine rings is 1. The van der Waals surface area contributed by atoms with E-state index in [9.17, 15) is 18.0 Å². The lowest BCUT2D eigenvalue weighted by atomic mass is 10.0. The lowest BCUT2D eigenvalue weighted by Gasteiger charge is -2.37. The number of ether oxygens (including phenoxy) is 1. The zero-order chi connectivity index (χ0) is 24.2.